The lowest BCUT2D eigenvalue weighted by atomic mass is 10.1. The van der Waals surface area contributed by atoms with Crippen molar-refractivity contribution in [3.63, 3.8) is 0 Å². The summed E-state index contributed by atoms with van der Waals surface area (Å²) in [7, 11) is 0. The van der Waals surface area contributed by atoms with Crippen molar-refractivity contribution in [1.82, 2.24) is 5.32 Å². The first-order valence-corrected chi connectivity index (χ1v) is 6.03. The van der Waals surface area contributed by atoms with Crippen molar-refractivity contribution in [2.24, 2.45) is 0 Å². The molecule has 0 aromatic heterocycles. The smallest absolute Gasteiger partial charge is 0.249 e. The van der Waals surface area contributed by atoms with Gasteiger partial charge in [0.05, 0.1) is 18.8 Å². The van der Waals surface area contributed by atoms with Crippen molar-refractivity contribution in [1.29, 1.82) is 0 Å². The summed E-state index contributed by atoms with van der Waals surface area (Å²) in [6, 6.07) is 9.69. The van der Waals surface area contributed by atoms with E-state index in [0.717, 1.165) is 5.56 Å². The van der Waals surface area contributed by atoms with Crippen molar-refractivity contribution in [2.75, 3.05) is 6.61 Å². The monoisotopic (exact) mass is 251 g/mol. The van der Waals surface area contributed by atoms with Gasteiger partial charge in [0.2, 0.25) is 5.91 Å². The summed E-state index contributed by atoms with van der Waals surface area (Å²) in [4.78, 5) is 11.8. The number of hydrogen-bond donors (Lipinski definition) is 2. The van der Waals surface area contributed by atoms with Crippen LogP contribution in [0.15, 0.2) is 30.3 Å². The van der Waals surface area contributed by atoms with Gasteiger partial charge in [-0.2, -0.15) is 0 Å². The third-order valence-electron chi connectivity index (χ3n) is 2.57. The summed E-state index contributed by atoms with van der Waals surface area (Å²) >= 11 is 0. The Balaban J connectivity index is 2.41. The standard InChI is InChI=1S/C14H21NO3/c1-11(13(17)15-14(2,3)10-16)18-9-12-7-5-4-6-8-12/h4-8,11,16H,9-10H2,1-3H3,(H,15,17). The number of carbonyl (C=O) groups excluding carboxylic acids is 1. The summed E-state index contributed by atoms with van der Waals surface area (Å²) in [6.07, 6.45) is -0.545. The normalized spacial score (nSPS) is 13.1. The molecule has 0 saturated heterocycles. The highest BCUT2D eigenvalue weighted by atomic mass is 16.5. The summed E-state index contributed by atoms with van der Waals surface area (Å²) < 4.78 is 5.49. The zero-order chi connectivity index (χ0) is 13.6. The Hall–Kier alpha value is -1.39. The second-order valence-electron chi connectivity index (χ2n) is 4.97. The van der Waals surface area contributed by atoms with Crippen LogP contribution in [0.3, 0.4) is 0 Å². The number of carbonyl (C=O) groups is 1. The largest absolute Gasteiger partial charge is 0.394 e. The molecule has 4 nitrogen and oxygen atoms in total. The number of aliphatic hydroxyl groups is 1. The van der Waals surface area contributed by atoms with Gasteiger partial charge in [-0.25, -0.2) is 0 Å². The first-order valence-electron chi connectivity index (χ1n) is 6.03. The maximum absolute atomic E-state index is 11.8. The van der Waals surface area contributed by atoms with Crippen LogP contribution in [0.1, 0.15) is 26.3 Å². The summed E-state index contributed by atoms with van der Waals surface area (Å²) in [5, 5.41) is 11.8. The zero-order valence-electron chi connectivity index (χ0n) is 11.1. The van der Waals surface area contributed by atoms with E-state index in [-0.39, 0.29) is 12.5 Å². The molecule has 0 bridgehead atoms. The predicted molar refractivity (Wildman–Crippen MR) is 70.0 cm³/mol. The number of amides is 1. The molecular formula is C14H21NO3. The minimum atomic E-state index is -0.624. The highest BCUT2D eigenvalue weighted by Crippen LogP contribution is 2.05. The van der Waals surface area contributed by atoms with Crippen LogP contribution >= 0.6 is 0 Å². The molecule has 1 rings (SSSR count). The fourth-order valence-corrected chi connectivity index (χ4v) is 1.35. The SMILES string of the molecule is CC(OCc1ccccc1)C(=O)NC(C)(C)CO. The number of ether oxygens (including phenoxy) is 1. The molecule has 0 aliphatic rings. The van der Waals surface area contributed by atoms with Crippen molar-refractivity contribution < 1.29 is 14.6 Å². The summed E-state index contributed by atoms with van der Waals surface area (Å²) in [5.74, 6) is -0.218. The lowest BCUT2D eigenvalue weighted by molar-refractivity contribution is -0.134. The predicted octanol–water partition coefficient (Wildman–Crippen LogP) is 1.48. The molecule has 1 aromatic rings. The Morgan fingerprint density at radius 3 is 2.56 bits per heavy atom. The average Bonchev–Trinajstić information content (AvgIpc) is 2.36. The molecule has 1 amide bonds. The molecule has 0 spiro atoms. The number of aliphatic hydroxyl groups excluding tert-OH is 1. The quantitative estimate of drug-likeness (QED) is 0.805. The molecule has 1 aromatic carbocycles. The number of benzene rings is 1. The van der Waals surface area contributed by atoms with Crippen LogP contribution in [-0.4, -0.2) is 29.3 Å². The molecular weight excluding hydrogens is 230 g/mol. The van der Waals surface area contributed by atoms with E-state index in [1.807, 2.05) is 30.3 Å². The van der Waals surface area contributed by atoms with Crippen molar-refractivity contribution in [3.8, 4) is 0 Å². The van der Waals surface area contributed by atoms with Gasteiger partial charge in [0, 0.05) is 0 Å². The lowest BCUT2D eigenvalue weighted by Crippen LogP contribution is -2.50. The van der Waals surface area contributed by atoms with Crippen LogP contribution in [0.5, 0.6) is 0 Å². The van der Waals surface area contributed by atoms with Gasteiger partial charge in [-0.3, -0.25) is 4.79 Å². The van der Waals surface area contributed by atoms with Crippen molar-refractivity contribution in [2.45, 2.75) is 39.0 Å². The van der Waals surface area contributed by atoms with Crippen LogP contribution in [0.2, 0.25) is 0 Å². The second kappa shape index (κ2) is 6.52. The van der Waals surface area contributed by atoms with E-state index in [1.54, 1.807) is 20.8 Å². The maximum atomic E-state index is 11.8. The minimum absolute atomic E-state index is 0.107. The molecule has 1 unspecified atom stereocenters. The van der Waals surface area contributed by atoms with Gasteiger partial charge in [0.25, 0.3) is 0 Å². The Kier molecular flexibility index (Phi) is 5.31. The Labute approximate surface area is 108 Å². The molecule has 0 heterocycles. The fourth-order valence-electron chi connectivity index (χ4n) is 1.35. The van der Waals surface area contributed by atoms with Crippen LogP contribution in [0.25, 0.3) is 0 Å². The highest BCUT2D eigenvalue weighted by Gasteiger charge is 2.22. The average molecular weight is 251 g/mol. The zero-order valence-corrected chi connectivity index (χ0v) is 11.1. The molecule has 2 N–H and O–H groups in total. The van der Waals surface area contributed by atoms with E-state index in [1.165, 1.54) is 0 Å². The fraction of sp³-hybridized carbons (Fsp3) is 0.500. The minimum Gasteiger partial charge on any atom is -0.394 e. The lowest BCUT2D eigenvalue weighted by Gasteiger charge is -2.25. The van der Waals surface area contributed by atoms with E-state index >= 15 is 0 Å². The Morgan fingerprint density at radius 1 is 1.39 bits per heavy atom. The van der Waals surface area contributed by atoms with Gasteiger partial charge >= 0.3 is 0 Å². The van der Waals surface area contributed by atoms with Crippen LogP contribution in [0, 0.1) is 0 Å². The molecule has 0 aliphatic carbocycles. The van der Waals surface area contributed by atoms with Gasteiger partial charge < -0.3 is 15.2 Å². The molecule has 0 saturated carbocycles. The van der Waals surface area contributed by atoms with Crippen LogP contribution in [0.4, 0.5) is 0 Å². The van der Waals surface area contributed by atoms with Crippen molar-refractivity contribution in [3.05, 3.63) is 35.9 Å². The molecule has 4 heteroatoms. The summed E-state index contributed by atoms with van der Waals surface area (Å²) in [6.45, 7) is 5.51. The molecule has 0 aliphatic heterocycles. The third-order valence-corrected chi connectivity index (χ3v) is 2.57. The number of nitrogens with one attached hydrogen (secondary N) is 1. The van der Waals surface area contributed by atoms with Gasteiger partial charge in [0.15, 0.2) is 0 Å². The Morgan fingerprint density at radius 2 is 2.00 bits per heavy atom. The van der Waals surface area contributed by atoms with Crippen LogP contribution < -0.4 is 5.32 Å². The first kappa shape index (κ1) is 14.7. The van der Waals surface area contributed by atoms with E-state index in [0.29, 0.717) is 6.61 Å². The first-order chi connectivity index (χ1) is 8.44. The Bertz CT molecular complexity index is 376. The van der Waals surface area contributed by atoms with E-state index in [2.05, 4.69) is 5.32 Å². The van der Waals surface area contributed by atoms with Gasteiger partial charge in [-0.15, -0.1) is 0 Å². The van der Waals surface area contributed by atoms with Gasteiger partial charge in [-0.05, 0) is 26.3 Å². The topological polar surface area (TPSA) is 58.6 Å². The number of hydrogen-bond acceptors (Lipinski definition) is 3. The third kappa shape index (κ3) is 4.85. The maximum Gasteiger partial charge on any atom is 0.249 e. The molecule has 1 atom stereocenters. The van der Waals surface area contributed by atoms with Gasteiger partial charge in [-0.1, -0.05) is 30.3 Å². The van der Waals surface area contributed by atoms with Crippen molar-refractivity contribution >= 4 is 5.91 Å². The van der Waals surface area contributed by atoms with E-state index in [9.17, 15) is 4.79 Å². The number of rotatable bonds is 6. The van der Waals surface area contributed by atoms with Gasteiger partial charge in [0.1, 0.15) is 6.10 Å². The van der Waals surface area contributed by atoms with E-state index < -0.39 is 11.6 Å². The second-order valence-corrected chi connectivity index (χ2v) is 4.97. The molecule has 0 fully saturated rings. The van der Waals surface area contributed by atoms with E-state index in [4.69, 9.17) is 9.84 Å². The molecule has 18 heavy (non-hydrogen) atoms. The summed E-state index contributed by atoms with van der Waals surface area (Å²) in [5.41, 5.74) is 0.403. The van der Waals surface area contributed by atoms with Crippen LogP contribution in [-0.2, 0) is 16.1 Å². The highest BCUT2D eigenvalue weighted by molar-refractivity contribution is 5.81. The molecule has 100 valence electrons. The molecule has 0 radical (unpaired) electrons.